The third-order valence-electron chi connectivity index (χ3n) is 10.1. The molecule has 3 saturated carbocycles. The van der Waals surface area contributed by atoms with Gasteiger partial charge in [-0.25, -0.2) is 4.98 Å². The molecule has 3 aliphatic carbocycles. The van der Waals surface area contributed by atoms with Gasteiger partial charge in [-0.3, -0.25) is 9.59 Å². The minimum Gasteiger partial charge on any atom is -0.466 e. The number of aromatic nitrogens is 2. The second-order valence-electron chi connectivity index (χ2n) is 14.4. The molecule has 0 N–H and O–H groups in total. The van der Waals surface area contributed by atoms with E-state index >= 15 is 0 Å². The molecule has 0 amide bonds. The molecule has 0 atom stereocenters. The highest BCUT2D eigenvalue weighted by Gasteiger charge is 2.57. The summed E-state index contributed by atoms with van der Waals surface area (Å²) < 4.78 is 13.1. The molecule has 0 saturated heterocycles. The molecule has 3 fully saturated rings. The second kappa shape index (κ2) is 23.4. The van der Waals surface area contributed by atoms with Crippen molar-refractivity contribution >= 4 is 11.9 Å². The molecular formula is C38H67N3O4. The maximum atomic E-state index is 12.0. The Morgan fingerprint density at radius 1 is 0.711 bits per heavy atom. The lowest BCUT2D eigenvalue weighted by atomic mass is 9.43. The van der Waals surface area contributed by atoms with E-state index in [1.54, 1.807) is 0 Å². The molecule has 0 aromatic carbocycles. The van der Waals surface area contributed by atoms with Gasteiger partial charge in [-0.05, 0) is 88.8 Å². The summed E-state index contributed by atoms with van der Waals surface area (Å²) in [6.45, 7) is 7.95. The highest BCUT2D eigenvalue weighted by Crippen LogP contribution is 2.66. The van der Waals surface area contributed by atoms with E-state index in [1.165, 1.54) is 109 Å². The standard InChI is InChI=1S/C38H67N3O4/c1-2-3-4-5-7-13-18-28-44-36(42)21-15-10-9-12-17-24-40(25-20-26-41-27-22-39-34-41)23-16-11-6-8-14-19-29-45-37(43)33-38-30-35(31-38)32-38/h22,27,34-35H,2-21,23-26,28-33H2,1H3. The summed E-state index contributed by atoms with van der Waals surface area (Å²) in [6.07, 6.45) is 33.7. The second-order valence-corrected chi connectivity index (χ2v) is 14.4. The highest BCUT2D eigenvalue weighted by molar-refractivity contribution is 5.71. The van der Waals surface area contributed by atoms with Crippen molar-refractivity contribution in [2.45, 2.75) is 168 Å². The van der Waals surface area contributed by atoms with E-state index in [9.17, 15) is 9.59 Å². The largest absolute Gasteiger partial charge is 0.466 e. The first-order valence-electron chi connectivity index (χ1n) is 19.1. The van der Waals surface area contributed by atoms with E-state index < -0.39 is 0 Å². The van der Waals surface area contributed by atoms with Gasteiger partial charge in [0.15, 0.2) is 0 Å². The van der Waals surface area contributed by atoms with Crippen molar-refractivity contribution in [3.8, 4) is 0 Å². The smallest absolute Gasteiger partial charge is 0.306 e. The first-order valence-corrected chi connectivity index (χ1v) is 19.1. The van der Waals surface area contributed by atoms with Crippen molar-refractivity contribution in [3.05, 3.63) is 18.7 Å². The van der Waals surface area contributed by atoms with Crippen molar-refractivity contribution in [2.75, 3.05) is 32.8 Å². The van der Waals surface area contributed by atoms with Crippen LogP contribution in [0.2, 0.25) is 0 Å². The first-order chi connectivity index (χ1) is 22.1. The fourth-order valence-corrected chi connectivity index (χ4v) is 7.25. The average Bonchev–Trinajstić information content (AvgIpc) is 3.51. The number of unbranched alkanes of at least 4 members (excludes halogenated alkanes) is 15. The fraction of sp³-hybridized carbons (Fsp3) is 0.868. The van der Waals surface area contributed by atoms with Crippen LogP contribution in [-0.4, -0.2) is 59.2 Å². The summed E-state index contributed by atoms with van der Waals surface area (Å²) in [5.41, 5.74) is 0.360. The first kappa shape index (κ1) is 37.6. The molecule has 2 bridgehead atoms. The lowest BCUT2D eigenvalue weighted by Gasteiger charge is -2.61. The van der Waals surface area contributed by atoms with E-state index in [-0.39, 0.29) is 11.9 Å². The van der Waals surface area contributed by atoms with Crippen LogP contribution in [0.4, 0.5) is 0 Å². The van der Waals surface area contributed by atoms with Crippen LogP contribution in [0.1, 0.15) is 161 Å². The molecule has 258 valence electrons. The number of carbonyl (C=O) groups excluding carboxylic acids is 2. The Bertz CT molecular complexity index is 873. The van der Waals surface area contributed by atoms with Crippen molar-refractivity contribution in [3.63, 3.8) is 0 Å². The minimum atomic E-state index is -0.0105. The quantitative estimate of drug-likeness (QED) is 0.0602. The molecule has 1 aromatic rings. The summed E-state index contributed by atoms with van der Waals surface area (Å²) in [5.74, 6) is 0.954. The number of ether oxygens (including phenoxy) is 2. The summed E-state index contributed by atoms with van der Waals surface area (Å²) in [4.78, 5) is 30.9. The SMILES string of the molecule is CCCCCCCCCOC(=O)CCCCCCCN(CCCCCCCCOC(=O)CC12CC(C1)C2)CCCn1ccnc1. The zero-order valence-electron chi connectivity index (χ0n) is 29.0. The molecule has 0 spiro atoms. The molecule has 45 heavy (non-hydrogen) atoms. The van der Waals surface area contributed by atoms with Crippen LogP contribution in [0.5, 0.6) is 0 Å². The molecule has 0 radical (unpaired) electrons. The number of nitrogens with zero attached hydrogens (tertiary/aromatic N) is 3. The Morgan fingerprint density at radius 3 is 1.80 bits per heavy atom. The van der Waals surface area contributed by atoms with Crippen LogP contribution in [-0.2, 0) is 25.6 Å². The van der Waals surface area contributed by atoms with Crippen LogP contribution in [0.15, 0.2) is 18.7 Å². The lowest BCUT2D eigenvalue weighted by Crippen LogP contribution is -2.52. The van der Waals surface area contributed by atoms with Gasteiger partial charge in [0.25, 0.3) is 0 Å². The van der Waals surface area contributed by atoms with Crippen molar-refractivity contribution < 1.29 is 19.1 Å². The van der Waals surface area contributed by atoms with Gasteiger partial charge >= 0.3 is 11.9 Å². The van der Waals surface area contributed by atoms with Gasteiger partial charge in [-0.1, -0.05) is 90.4 Å². The number of carbonyl (C=O) groups is 2. The van der Waals surface area contributed by atoms with Crippen LogP contribution < -0.4 is 0 Å². The third kappa shape index (κ3) is 17.0. The fourth-order valence-electron chi connectivity index (χ4n) is 7.25. The summed E-state index contributed by atoms with van der Waals surface area (Å²) in [7, 11) is 0. The lowest BCUT2D eigenvalue weighted by molar-refractivity contribution is -0.164. The summed E-state index contributed by atoms with van der Waals surface area (Å²) >= 11 is 0. The number of hydrogen-bond donors (Lipinski definition) is 0. The van der Waals surface area contributed by atoms with Gasteiger partial charge in [0.05, 0.1) is 26.0 Å². The van der Waals surface area contributed by atoms with E-state index in [0.29, 0.717) is 31.5 Å². The number of rotatable bonds is 31. The van der Waals surface area contributed by atoms with Crippen molar-refractivity contribution in [1.29, 1.82) is 0 Å². The van der Waals surface area contributed by atoms with Crippen molar-refractivity contribution in [2.24, 2.45) is 11.3 Å². The number of imidazole rings is 1. The Balaban J connectivity index is 1.13. The normalized spacial score (nSPS) is 18.5. The molecule has 1 aromatic heterocycles. The van der Waals surface area contributed by atoms with E-state index in [4.69, 9.17) is 9.47 Å². The Kier molecular flexibility index (Phi) is 19.6. The average molecular weight is 630 g/mol. The van der Waals surface area contributed by atoms with Crippen LogP contribution >= 0.6 is 0 Å². The monoisotopic (exact) mass is 630 g/mol. The van der Waals surface area contributed by atoms with Crippen molar-refractivity contribution in [1.82, 2.24) is 14.5 Å². The van der Waals surface area contributed by atoms with Gasteiger partial charge < -0.3 is 18.9 Å². The van der Waals surface area contributed by atoms with Crippen LogP contribution in [0.25, 0.3) is 0 Å². The maximum absolute atomic E-state index is 12.0. The Labute approximate surface area is 275 Å². The van der Waals surface area contributed by atoms with E-state index in [0.717, 1.165) is 64.1 Å². The van der Waals surface area contributed by atoms with Crippen LogP contribution in [0, 0.1) is 11.3 Å². The van der Waals surface area contributed by atoms with Gasteiger partial charge in [0.2, 0.25) is 0 Å². The summed E-state index contributed by atoms with van der Waals surface area (Å²) in [5, 5.41) is 0. The highest BCUT2D eigenvalue weighted by atomic mass is 16.5. The molecule has 0 aliphatic heterocycles. The van der Waals surface area contributed by atoms with Gasteiger partial charge in [0, 0.05) is 25.4 Å². The topological polar surface area (TPSA) is 73.7 Å². The molecule has 4 rings (SSSR count). The van der Waals surface area contributed by atoms with E-state index in [2.05, 4.69) is 21.4 Å². The zero-order valence-corrected chi connectivity index (χ0v) is 29.0. The molecule has 7 heteroatoms. The van der Waals surface area contributed by atoms with E-state index in [1.807, 2.05) is 18.7 Å². The summed E-state index contributed by atoms with van der Waals surface area (Å²) in [6, 6.07) is 0. The number of aryl methyl sites for hydroxylation is 1. The van der Waals surface area contributed by atoms with Gasteiger partial charge in [-0.15, -0.1) is 0 Å². The van der Waals surface area contributed by atoms with Gasteiger partial charge in [-0.2, -0.15) is 0 Å². The number of hydrogen-bond acceptors (Lipinski definition) is 6. The maximum Gasteiger partial charge on any atom is 0.306 e. The predicted octanol–water partition coefficient (Wildman–Crippen LogP) is 9.28. The molecular weight excluding hydrogens is 562 g/mol. The van der Waals surface area contributed by atoms with Gasteiger partial charge in [0.1, 0.15) is 0 Å². The van der Waals surface area contributed by atoms with Crippen LogP contribution in [0.3, 0.4) is 0 Å². The molecule has 1 heterocycles. The third-order valence-corrected chi connectivity index (χ3v) is 10.1. The molecule has 3 aliphatic rings. The zero-order chi connectivity index (χ0) is 31.8. The molecule has 0 unspecified atom stereocenters. The Hall–Kier alpha value is -1.89. The molecule has 7 nitrogen and oxygen atoms in total. The Morgan fingerprint density at radius 2 is 1.24 bits per heavy atom. The number of esters is 2. The minimum absolute atomic E-state index is 0.0105. The predicted molar refractivity (Wildman–Crippen MR) is 183 cm³/mol.